The van der Waals surface area contributed by atoms with Crippen LogP contribution in [0.5, 0.6) is 0 Å². The lowest BCUT2D eigenvalue weighted by molar-refractivity contribution is 0.155. The molecule has 0 saturated carbocycles. The van der Waals surface area contributed by atoms with E-state index in [1.54, 1.807) is 6.92 Å². The summed E-state index contributed by atoms with van der Waals surface area (Å²) in [5.41, 5.74) is 2.20. The lowest BCUT2D eigenvalue weighted by atomic mass is 10.2. The van der Waals surface area contributed by atoms with Gasteiger partial charge in [0.2, 0.25) is 0 Å². The third-order valence-electron chi connectivity index (χ3n) is 3.31. The van der Waals surface area contributed by atoms with Gasteiger partial charge in [0.1, 0.15) is 18.2 Å². The number of rotatable bonds is 3. The quantitative estimate of drug-likeness (QED) is 0.745. The summed E-state index contributed by atoms with van der Waals surface area (Å²) in [7, 11) is 0. The van der Waals surface area contributed by atoms with Gasteiger partial charge in [-0.15, -0.1) is 0 Å². The van der Waals surface area contributed by atoms with Crippen LogP contribution in [-0.2, 0) is 11.3 Å². The Balaban J connectivity index is 1.84. The number of anilines is 1. The number of nitriles is 1. The molecule has 8 heteroatoms. The van der Waals surface area contributed by atoms with E-state index in [2.05, 4.69) is 31.3 Å². The van der Waals surface area contributed by atoms with Crippen molar-refractivity contribution in [3.8, 4) is 6.07 Å². The number of nitrogens with one attached hydrogen (secondary N) is 1. The second-order valence-electron chi connectivity index (χ2n) is 4.95. The number of ether oxygens (including phenoxy) is 1. The van der Waals surface area contributed by atoms with Gasteiger partial charge in [-0.2, -0.15) is 14.9 Å². The number of fused-ring (bicyclic) bond motifs is 1. The molecule has 0 spiro atoms. The molecule has 0 saturated heterocycles. The molecule has 0 bridgehead atoms. The summed E-state index contributed by atoms with van der Waals surface area (Å²) in [6, 6.07) is 11.4. The first kappa shape index (κ1) is 16.0. The van der Waals surface area contributed by atoms with Crippen LogP contribution in [0.4, 0.5) is 10.6 Å². The number of hydrogen-bond acceptors (Lipinski definition) is 5. The minimum Gasteiger partial charge on any atom is -0.444 e. The Morgan fingerprint density at radius 2 is 2.17 bits per heavy atom. The van der Waals surface area contributed by atoms with E-state index in [0.29, 0.717) is 27.2 Å². The zero-order valence-corrected chi connectivity index (χ0v) is 14.2. The molecule has 3 rings (SSSR count). The predicted octanol–water partition coefficient (Wildman–Crippen LogP) is 3.42. The molecule has 0 fully saturated rings. The summed E-state index contributed by atoms with van der Waals surface area (Å²) in [4.78, 5) is 16.4. The fourth-order valence-electron chi connectivity index (χ4n) is 2.13. The third-order valence-corrected chi connectivity index (χ3v) is 4.26. The van der Waals surface area contributed by atoms with Crippen LogP contribution in [0, 0.1) is 18.3 Å². The van der Waals surface area contributed by atoms with Crippen LogP contribution < -0.4 is 5.32 Å². The van der Waals surface area contributed by atoms with Crippen LogP contribution in [0.1, 0.15) is 16.8 Å². The van der Waals surface area contributed by atoms with E-state index in [9.17, 15) is 4.79 Å². The number of amides is 1. The molecular formula is C16H12BrN5O2. The molecule has 0 unspecified atom stereocenters. The minimum atomic E-state index is -0.625. The highest BCUT2D eigenvalue weighted by Gasteiger charge is 2.17. The Morgan fingerprint density at radius 3 is 2.88 bits per heavy atom. The van der Waals surface area contributed by atoms with Gasteiger partial charge in [-0.25, -0.2) is 9.78 Å². The molecule has 3 aromatic rings. The molecule has 0 aliphatic rings. The Labute approximate surface area is 146 Å². The van der Waals surface area contributed by atoms with E-state index in [-0.39, 0.29) is 6.61 Å². The molecule has 0 aliphatic carbocycles. The largest absolute Gasteiger partial charge is 0.444 e. The van der Waals surface area contributed by atoms with Gasteiger partial charge >= 0.3 is 6.09 Å². The van der Waals surface area contributed by atoms with Crippen LogP contribution in [0.25, 0.3) is 5.65 Å². The molecule has 2 aromatic heterocycles. The molecule has 1 aromatic carbocycles. The fourth-order valence-corrected chi connectivity index (χ4v) is 2.48. The summed E-state index contributed by atoms with van der Waals surface area (Å²) >= 11 is 3.38. The molecule has 1 N–H and O–H groups in total. The smallest absolute Gasteiger partial charge is 0.413 e. The Kier molecular flexibility index (Phi) is 4.44. The Hall–Kier alpha value is -2.92. The van der Waals surface area contributed by atoms with Gasteiger partial charge < -0.3 is 4.74 Å². The van der Waals surface area contributed by atoms with Gasteiger partial charge in [0.25, 0.3) is 0 Å². The monoisotopic (exact) mass is 385 g/mol. The van der Waals surface area contributed by atoms with Gasteiger partial charge in [-0.1, -0.05) is 30.3 Å². The summed E-state index contributed by atoms with van der Waals surface area (Å²) in [6.45, 7) is 1.92. The first-order chi connectivity index (χ1) is 11.6. The highest BCUT2D eigenvalue weighted by atomic mass is 79.9. The van der Waals surface area contributed by atoms with Crippen LogP contribution >= 0.6 is 15.9 Å². The van der Waals surface area contributed by atoms with Gasteiger partial charge in [0.05, 0.1) is 16.4 Å². The lowest BCUT2D eigenvalue weighted by Gasteiger charge is -2.11. The van der Waals surface area contributed by atoms with Crippen LogP contribution in [0.15, 0.2) is 41.0 Å². The van der Waals surface area contributed by atoms with Crippen molar-refractivity contribution >= 4 is 33.5 Å². The van der Waals surface area contributed by atoms with Crippen LogP contribution in [0.2, 0.25) is 0 Å². The Morgan fingerprint density at radius 1 is 1.42 bits per heavy atom. The predicted molar refractivity (Wildman–Crippen MR) is 90.4 cm³/mol. The standard InChI is InChI=1S/C16H12BrN5O2/c1-10-13(17)15(22-14(20-10)12(7-18)8-19-22)21-16(23)24-9-11-5-3-2-4-6-11/h2-6,8H,9H2,1H3,(H,21,23). The number of nitrogens with zero attached hydrogens (tertiary/aromatic N) is 4. The van der Waals surface area contributed by atoms with Crippen molar-refractivity contribution in [3.05, 3.63) is 57.8 Å². The summed E-state index contributed by atoms with van der Waals surface area (Å²) in [5.74, 6) is 0.358. The minimum absolute atomic E-state index is 0.153. The zero-order valence-electron chi connectivity index (χ0n) is 12.7. The Bertz CT molecular complexity index is 946. The van der Waals surface area contributed by atoms with Crippen molar-refractivity contribution in [1.29, 1.82) is 5.26 Å². The van der Waals surface area contributed by atoms with E-state index in [1.807, 2.05) is 36.4 Å². The van der Waals surface area contributed by atoms with E-state index < -0.39 is 6.09 Å². The van der Waals surface area contributed by atoms with Crippen LogP contribution in [0.3, 0.4) is 0 Å². The number of aromatic nitrogens is 3. The molecule has 2 heterocycles. The van der Waals surface area contributed by atoms with Crippen molar-refractivity contribution < 1.29 is 9.53 Å². The van der Waals surface area contributed by atoms with E-state index in [4.69, 9.17) is 10.00 Å². The molecular weight excluding hydrogens is 374 g/mol. The number of benzene rings is 1. The van der Waals surface area contributed by atoms with E-state index in [1.165, 1.54) is 10.7 Å². The molecule has 0 radical (unpaired) electrons. The zero-order chi connectivity index (χ0) is 17.1. The maximum absolute atomic E-state index is 12.1. The number of hydrogen-bond donors (Lipinski definition) is 1. The third kappa shape index (κ3) is 3.07. The van der Waals surface area contributed by atoms with Gasteiger partial charge in [0, 0.05) is 0 Å². The highest BCUT2D eigenvalue weighted by Crippen LogP contribution is 2.27. The van der Waals surface area contributed by atoms with Gasteiger partial charge in [-0.3, -0.25) is 5.32 Å². The molecule has 1 amide bonds. The molecule has 7 nitrogen and oxygen atoms in total. The molecule has 24 heavy (non-hydrogen) atoms. The molecule has 0 aliphatic heterocycles. The van der Waals surface area contributed by atoms with Crippen molar-refractivity contribution in [1.82, 2.24) is 14.6 Å². The van der Waals surface area contributed by atoms with Crippen molar-refractivity contribution in [2.75, 3.05) is 5.32 Å². The van der Waals surface area contributed by atoms with E-state index in [0.717, 1.165) is 5.56 Å². The highest BCUT2D eigenvalue weighted by molar-refractivity contribution is 9.10. The van der Waals surface area contributed by atoms with Crippen LogP contribution in [-0.4, -0.2) is 20.7 Å². The number of carbonyl (C=O) groups excluding carboxylic acids is 1. The maximum atomic E-state index is 12.1. The summed E-state index contributed by atoms with van der Waals surface area (Å²) < 4.78 is 7.17. The van der Waals surface area contributed by atoms with E-state index >= 15 is 0 Å². The van der Waals surface area contributed by atoms with Crippen molar-refractivity contribution in [2.45, 2.75) is 13.5 Å². The number of carbonyl (C=O) groups is 1. The van der Waals surface area contributed by atoms with Crippen molar-refractivity contribution in [2.24, 2.45) is 0 Å². The maximum Gasteiger partial charge on any atom is 0.413 e. The normalized spacial score (nSPS) is 10.4. The first-order valence-electron chi connectivity index (χ1n) is 7.02. The average Bonchev–Trinajstić information content (AvgIpc) is 3.00. The first-order valence-corrected chi connectivity index (χ1v) is 7.81. The summed E-state index contributed by atoms with van der Waals surface area (Å²) in [6.07, 6.45) is 0.773. The number of aryl methyl sites for hydroxylation is 1. The topological polar surface area (TPSA) is 92.3 Å². The molecule has 0 atom stereocenters. The second kappa shape index (κ2) is 6.68. The molecule has 120 valence electrons. The lowest BCUT2D eigenvalue weighted by Crippen LogP contribution is -2.17. The SMILES string of the molecule is Cc1nc2c(C#N)cnn2c(NC(=O)OCc2ccccc2)c1Br. The van der Waals surface area contributed by atoms with Gasteiger partial charge in [0.15, 0.2) is 11.5 Å². The second-order valence-corrected chi connectivity index (χ2v) is 5.74. The fraction of sp³-hybridized carbons (Fsp3) is 0.125. The number of halogens is 1. The van der Waals surface area contributed by atoms with Gasteiger partial charge in [-0.05, 0) is 28.4 Å². The summed E-state index contributed by atoms with van der Waals surface area (Å²) in [5, 5.41) is 15.8. The average molecular weight is 386 g/mol. The van der Waals surface area contributed by atoms with Crippen molar-refractivity contribution in [3.63, 3.8) is 0 Å².